The van der Waals surface area contributed by atoms with E-state index in [1.165, 1.54) is 0 Å². The van der Waals surface area contributed by atoms with E-state index in [9.17, 15) is 0 Å². The van der Waals surface area contributed by atoms with Gasteiger partial charge < -0.3 is 14.6 Å². The number of anilines is 1. The van der Waals surface area contributed by atoms with Crippen LogP contribution in [0, 0.1) is 0 Å². The maximum absolute atomic E-state index is 6.57. The van der Waals surface area contributed by atoms with Gasteiger partial charge in [-0.05, 0) is 49.2 Å². The van der Waals surface area contributed by atoms with E-state index in [4.69, 9.17) is 32.9 Å². The minimum Gasteiger partial charge on any atom is -0.494 e. The van der Waals surface area contributed by atoms with Gasteiger partial charge in [-0.15, -0.1) is 0 Å². The van der Waals surface area contributed by atoms with Crippen molar-refractivity contribution in [2.45, 2.75) is 25.4 Å². The Balaban J connectivity index is 1.68. The zero-order valence-electron chi connectivity index (χ0n) is 16.5. The second-order valence-corrected chi connectivity index (χ2v) is 8.22. The molecule has 1 aliphatic rings. The molecule has 0 fully saturated rings. The van der Waals surface area contributed by atoms with Gasteiger partial charge in [-0.3, -0.25) is 0 Å². The zero-order chi connectivity index (χ0) is 20.7. The lowest BCUT2D eigenvalue weighted by molar-refractivity contribution is 0.329. The Labute approximate surface area is 185 Å². The lowest BCUT2D eigenvalue weighted by atomic mass is 9.92. The topological polar surface area (TPSA) is 39.1 Å². The van der Waals surface area contributed by atoms with Gasteiger partial charge in [-0.25, -0.2) is 4.98 Å². The first-order valence-corrected chi connectivity index (χ1v) is 10.8. The Morgan fingerprint density at radius 2 is 1.83 bits per heavy atom. The number of benzene rings is 3. The molecule has 1 N–H and O–H groups in total. The first kappa shape index (κ1) is 19.3. The van der Waals surface area contributed by atoms with Crippen molar-refractivity contribution >= 4 is 40.2 Å². The molecule has 0 unspecified atom stereocenters. The predicted molar refractivity (Wildman–Crippen MR) is 123 cm³/mol. The van der Waals surface area contributed by atoms with E-state index in [1.54, 1.807) is 6.07 Å². The van der Waals surface area contributed by atoms with Gasteiger partial charge in [0, 0.05) is 15.6 Å². The molecule has 0 bridgehead atoms. The molecule has 0 saturated carbocycles. The van der Waals surface area contributed by atoms with Crippen LogP contribution in [0.2, 0.25) is 10.0 Å². The number of hydrogen-bond acceptors (Lipinski definition) is 3. The number of nitrogens with one attached hydrogen (secondary N) is 1. The molecule has 6 heteroatoms. The van der Waals surface area contributed by atoms with Crippen LogP contribution in [0.25, 0.3) is 11.0 Å². The fraction of sp³-hybridized carbons (Fsp3) is 0.208. The maximum Gasteiger partial charge on any atom is 0.204 e. The highest BCUT2D eigenvalue weighted by molar-refractivity contribution is 6.35. The van der Waals surface area contributed by atoms with Gasteiger partial charge in [0.2, 0.25) is 5.95 Å². The minimum absolute atomic E-state index is 0.00115. The van der Waals surface area contributed by atoms with Crippen molar-refractivity contribution in [2.24, 2.45) is 0 Å². The normalized spacial score (nSPS) is 18.1. The van der Waals surface area contributed by atoms with E-state index in [0.717, 1.165) is 40.3 Å². The SMILES string of the molecule is CCOc1ccccc1[C@H]1C[C@H](c2ccc(Cl)cc2Cl)Nc2nc3ccccc3n21. The molecule has 2 atom stereocenters. The van der Waals surface area contributed by atoms with Crippen molar-refractivity contribution in [3.8, 4) is 5.75 Å². The van der Waals surface area contributed by atoms with Crippen LogP contribution in [0.4, 0.5) is 5.95 Å². The summed E-state index contributed by atoms with van der Waals surface area (Å²) in [7, 11) is 0. The molecule has 3 aromatic carbocycles. The number of ether oxygens (including phenoxy) is 1. The molecule has 4 nitrogen and oxygen atoms in total. The quantitative estimate of drug-likeness (QED) is 0.377. The van der Waals surface area contributed by atoms with E-state index >= 15 is 0 Å². The summed E-state index contributed by atoms with van der Waals surface area (Å²) < 4.78 is 8.25. The number of fused-ring (bicyclic) bond motifs is 3. The highest BCUT2D eigenvalue weighted by atomic mass is 35.5. The summed E-state index contributed by atoms with van der Waals surface area (Å²) in [5.74, 6) is 1.73. The first-order chi connectivity index (χ1) is 14.7. The largest absolute Gasteiger partial charge is 0.494 e. The van der Waals surface area contributed by atoms with E-state index < -0.39 is 0 Å². The van der Waals surface area contributed by atoms with Gasteiger partial charge in [-0.2, -0.15) is 0 Å². The van der Waals surface area contributed by atoms with Crippen molar-refractivity contribution in [3.63, 3.8) is 0 Å². The summed E-state index contributed by atoms with van der Waals surface area (Å²) in [6.45, 7) is 2.62. The third-order valence-electron chi connectivity index (χ3n) is 5.59. The predicted octanol–water partition coefficient (Wildman–Crippen LogP) is 6.89. The number of rotatable bonds is 4. The number of imidazole rings is 1. The molecular weight excluding hydrogens is 417 g/mol. The minimum atomic E-state index is -0.00115. The summed E-state index contributed by atoms with van der Waals surface area (Å²) in [6.07, 6.45) is 0.804. The van der Waals surface area contributed by atoms with Crippen LogP contribution in [0.3, 0.4) is 0 Å². The van der Waals surface area contributed by atoms with Crippen LogP contribution in [0.15, 0.2) is 66.7 Å². The molecule has 0 amide bonds. The molecule has 0 saturated heterocycles. The van der Waals surface area contributed by atoms with Crippen LogP contribution >= 0.6 is 23.2 Å². The molecule has 1 aliphatic heterocycles. The van der Waals surface area contributed by atoms with Gasteiger partial charge >= 0.3 is 0 Å². The highest BCUT2D eigenvalue weighted by Gasteiger charge is 2.33. The number of halogens is 2. The van der Waals surface area contributed by atoms with Gasteiger partial charge in [0.15, 0.2) is 0 Å². The third kappa shape index (κ3) is 3.30. The van der Waals surface area contributed by atoms with Gasteiger partial charge in [-0.1, -0.05) is 59.6 Å². The van der Waals surface area contributed by atoms with E-state index in [-0.39, 0.29) is 12.1 Å². The standard InChI is InChI=1S/C24H21Cl2N3O/c1-2-30-23-10-6-3-7-17(23)22-14-20(16-12-11-15(25)13-18(16)26)28-24-27-19-8-4-5-9-21(19)29(22)24/h3-13,20,22H,2,14H2,1H3,(H,27,28)/t20-,22-/m1/s1. The van der Waals surface area contributed by atoms with Crippen molar-refractivity contribution < 1.29 is 4.74 Å². The molecule has 1 aromatic heterocycles. The molecule has 0 radical (unpaired) electrons. The highest BCUT2D eigenvalue weighted by Crippen LogP contribution is 2.44. The number of hydrogen-bond donors (Lipinski definition) is 1. The fourth-order valence-corrected chi connectivity index (χ4v) is 4.84. The third-order valence-corrected chi connectivity index (χ3v) is 6.15. The Hall–Kier alpha value is -2.69. The maximum atomic E-state index is 6.57. The summed E-state index contributed by atoms with van der Waals surface area (Å²) in [4.78, 5) is 4.87. The second-order valence-electron chi connectivity index (χ2n) is 7.38. The van der Waals surface area contributed by atoms with E-state index in [1.807, 2.05) is 49.4 Å². The van der Waals surface area contributed by atoms with E-state index in [2.05, 4.69) is 28.1 Å². The van der Waals surface area contributed by atoms with Crippen LogP contribution < -0.4 is 10.1 Å². The molecule has 0 spiro atoms. The van der Waals surface area contributed by atoms with Crippen molar-refractivity contribution in [2.75, 3.05) is 11.9 Å². The van der Waals surface area contributed by atoms with Gasteiger partial charge in [0.25, 0.3) is 0 Å². The lowest BCUT2D eigenvalue weighted by Gasteiger charge is -2.34. The van der Waals surface area contributed by atoms with Crippen molar-refractivity contribution in [1.29, 1.82) is 0 Å². The Kier molecular flexibility index (Phi) is 5.05. The summed E-state index contributed by atoms with van der Waals surface area (Å²) >= 11 is 12.7. The Bertz CT molecular complexity index is 1220. The van der Waals surface area contributed by atoms with E-state index in [0.29, 0.717) is 16.7 Å². The van der Waals surface area contributed by atoms with Crippen LogP contribution in [-0.2, 0) is 0 Å². The lowest BCUT2D eigenvalue weighted by Crippen LogP contribution is -2.27. The monoisotopic (exact) mass is 437 g/mol. The molecule has 2 heterocycles. The summed E-state index contributed by atoms with van der Waals surface area (Å²) in [5, 5.41) is 4.88. The average Bonchev–Trinajstić information content (AvgIpc) is 3.12. The fourth-order valence-electron chi connectivity index (χ4n) is 4.30. The molecule has 4 aromatic rings. The van der Waals surface area contributed by atoms with Crippen LogP contribution in [0.5, 0.6) is 5.75 Å². The van der Waals surface area contributed by atoms with Crippen molar-refractivity contribution in [3.05, 3.63) is 87.9 Å². The average molecular weight is 438 g/mol. The Morgan fingerprint density at radius 3 is 2.67 bits per heavy atom. The molecular formula is C24H21Cl2N3O. The number of aromatic nitrogens is 2. The van der Waals surface area contributed by atoms with Gasteiger partial charge in [0.05, 0.1) is 29.7 Å². The molecule has 0 aliphatic carbocycles. The Morgan fingerprint density at radius 1 is 1.03 bits per heavy atom. The molecule has 5 rings (SSSR count). The van der Waals surface area contributed by atoms with Gasteiger partial charge in [0.1, 0.15) is 5.75 Å². The van der Waals surface area contributed by atoms with Crippen LogP contribution in [-0.4, -0.2) is 16.2 Å². The smallest absolute Gasteiger partial charge is 0.204 e. The molecule has 152 valence electrons. The first-order valence-electron chi connectivity index (χ1n) is 10.1. The van der Waals surface area contributed by atoms with Crippen LogP contribution in [0.1, 0.15) is 36.6 Å². The summed E-state index contributed by atoms with van der Waals surface area (Å²) in [5.41, 5.74) is 4.21. The summed E-state index contributed by atoms with van der Waals surface area (Å²) in [6, 6.07) is 22.2. The zero-order valence-corrected chi connectivity index (χ0v) is 18.0. The molecule has 30 heavy (non-hydrogen) atoms. The van der Waals surface area contributed by atoms with Crippen molar-refractivity contribution in [1.82, 2.24) is 9.55 Å². The second kappa shape index (κ2) is 7.86. The number of para-hydroxylation sites is 3. The number of nitrogens with zero attached hydrogens (tertiary/aromatic N) is 2.